The highest BCUT2D eigenvalue weighted by Crippen LogP contribution is 2.33. The molecule has 0 unspecified atom stereocenters. The number of imide groups is 1. The van der Waals surface area contributed by atoms with Gasteiger partial charge in [-0.25, -0.2) is 9.59 Å². The first-order valence-corrected chi connectivity index (χ1v) is 9.33. The van der Waals surface area contributed by atoms with Crippen molar-refractivity contribution in [1.29, 1.82) is 0 Å². The molecule has 2 amide bonds. The summed E-state index contributed by atoms with van der Waals surface area (Å²) in [6.07, 6.45) is -2.98. The molecule has 1 aliphatic rings. The number of ketones is 1. The minimum atomic E-state index is -1.01. The first kappa shape index (κ1) is 20.3. The number of rotatable bonds is 3. The van der Waals surface area contributed by atoms with Gasteiger partial charge >= 0.3 is 12.2 Å². The number of carbonyl (C=O) groups excluding carboxylic acids is 3. The van der Waals surface area contributed by atoms with Crippen molar-refractivity contribution in [1.82, 2.24) is 5.01 Å². The standard InChI is InChI=1S/C22H22N2O5/c1-13(2)28-21(26)24(22(27)29-14(3)4)23-19-17-11-7-5-9-15(17)16-10-6-8-12-18(16)20(19)25/h5-14H,1-4H3/b23-19-. The van der Waals surface area contributed by atoms with Gasteiger partial charge in [0.1, 0.15) is 5.71 Å². The smallest absolute Gasteiger partial charge is 0.440 e. The van der Waals surface area contributed by atoms with Crippen molar-refractivity contribution in [3.8, 4) is 11.1 Å². The average molecular weight is 394 g/mol. The molecule has 1 aliphatic carbocycles. The van der Waals surface area contributed by atoms with Crippen LogP contribution in [-0.4, -0.2) is 40.9 Å². The lowest BCUT2D eigenvalue weighted by molar-refractivity contribution is 0.0517. The number of hydrazone groups is 1. The Labute approximate surface area is 168 Å². The van der Waals surface area contributed by atoms with Crippen molar-refractivity contribution in [3.05, 3.63) is 59.7 Å². The van der Waals surface area contributed by atoms with Gasteiger partial charge in [-0.05, 0) is 38.8 Å². The molecule has 0 spiro atoms. The number of Topliss-reactive ketones (excluding diaryl/α,β-unsaturated/α-hetero) is 1. The molecule has 0 N–H and O–H groups in total. The number of carbonyl (C=O) groups is 3. The summed E-state index contributed by atoms with van der Waals surface area (Å²) in [5, 5.41) is 4.58. The SMILES string of the molecule is CC(C)OC(=O)N(/N=C1\C(=O)c2ccccc2-c2ccccc21)C(=O)OC(C)C. The Hall–Kier alpha value is -3.48. The Morgan fingerprint density at radius 3 is 1.66 bits per heavy atom. The van der Waals surface area contributed by atoms with Gasteiger partial charge in [0.2, 0.25) is 5.78 Å². The molecule has 0 radical (unpaired) electrons. The normalized spacial score (nSPS) is 13.9. The molecule has 3 rings (SSSR count). The summed E-state index contributed by atoms with van der Waals surface area (Å²) in [6, 6.07) is 14.3. The summed E-state index contributed by atoms with van der Waals surface area (Å²) in [7, 11) is 0. The maximum absolute atomic E-state index is 13.1. The van der Waals surface area contributed by atoms with Gasteiger partial charge < -0.3 is 9.47 Å². The number of nitrogens with zero attached hydrogens (tertiary/aromatic N) is 2. The van der Waals surface area contributed by atoms with Crippen LogP contribution >= 0.6 is 0 Å². The third-order valence-corrected chi connectivity index (χ3v) is 4.08. The molecule has 2 aromatic rings. The maximum Gasteiger partial charge on any atom is 0.440 e. The second-order valence-corrected chi connectivity index (χ2v) is 7.05. The zero-order chi connectivity index (χ0) is 21.1. The number of fused-ring (bicyclic) bond motifs is 3. The molecule has 0 aromatic heterocycles. The number of hydrogen-bond donors (Lipinski definition) is 0. The van der Waals surface area contributed by atoms with E-state index < -0.39 is 24.4 Å². The van der Waals surface area contributed by atoms with E-state index >= 15 is 0 Å². The molecule has 0 saturated heterocycles. The maximum atomic E-state index is 13.1. The monoisotopic (exact) mass is 394 g/mol. The van der Waals surface area contributed by atoms with Crippen LogP contribution in [0.15, 0.2) is 53.6 Å². The average Bonchev–Trinajstić information content (AvgIpc) is 2.66. The predicted molar refractivity (Wildman–Crippen MR) is 108 cm³/mol. The number of benzene rings is 2. The van der Waals surface area contributed by atoms with Crippen molar-refractivity contribution in [3.63, 3.8) is 0 Å². The minimum Gasteiger partial charge on any atom is -0.445 e. The molecular formula is C22H22N2O5. The van der Waals surface area contributed by atoms with E-state index in [2.05, 4.69) is 5.10 Å². The Morgan fingerprint density at radius 1 is 0.759 bits per heavy atom. The highest BCUT2D eigenvalue weighted by molar-refractivity contribution is 6.55. The largest absolute Gasteiger partial charge is 0.445 e. The molecule has 2 aromatic carbocycles. The molecule has 0 heterocycles. The van der Waals surface area contributed by atoms with Gasteiger partial charge in [-0.1, -0.05) is 53.5 Å². The van der Waals surface area contributed by atoms with Crippen LogP contribution in [0.5, 0.6) is 0 Å². The zero-order valence-corrected chi connectivity index (χ0v) is 16.7. The van der Waals surface area contributed by atoms with Crippen LogP contribution in [0.3, 0.4) is 0 Å². The molecular weight excluding hydrogens is 372 g/mol. The lowest BCUT2D eigenvalue weighted by Crippen LogP contribution is -2.38. The molecule has 7 nitrogen and oxygen atoms in total. The minimum absolute atomic E-state index is 0.0271. The lowest BCUT2D eigenvalue weighted by atomic mass is 9.83. The Balaban J connectivity index is 2.13. The summed E-state index contributed by atoms with van der Waals surface area (Å²) < 4.78 is 10.2. The summed E-state index contributed by atoms with van der Waals surface area (Å²) in [6.45, 7) is 6.59. The second kappa shape index (κ2) is 8.26. The summed E-state index contributed by atoms with van der Waals surface area (Å²) in [4.78, 5) is 38.1. The summed E-state index contributed by atoms with van der Waals surface area (Å²) in [5.74, 6) is -0.390. The zero-order valence-electron chi connectivity index (χ0n) is 16.7. The quantitative estimate of drug-likeness (QED) is 0.708. The third kappa shape index (κ3) is 4.18. The summed E-state index contributed by atoms with van der Waals surface area (Å²) >= 11 is 0. The van der Waals surface area contributed by atoms with Gasteiger partial charge in [0.15, 0.2) is 0 Å². The van der Waals surface area contributed by atoms with Crippen LogP contribution < -0.4 is 0 Å². The van der Waals surface area contributed by atoms with E-state index in [1.165, 1.54) is 0 Å². The molecule has 150 valence electrons. The lowest BCUT2D eigenvalue weighted by Gasteiger charge is -2.23. The van der Waals surface area contributed by atoms with Gasteiger partial charge in [-0.15, -0.1) is 0 Å². The van der Waals surface area contributed by atoms with Crippen LogP contribution in [0.4, 0.5) is 9.59 Å². The Bertz CT molecular complexity index is 972. The van der Waals surface area contributed by atoms with E-state index in [-0.39, 0.29) is 11.5 Å². The fraction of sp³-hybridized carbons (Fsp3) is 0.273. The van der Waals surface area contributed by atoms with Crippen LogP contribution in [0.1, 0.15) is 43.6 Å². The van der Waals surface area contributed by atoms with E-state index in [1.54, 1.807) is 52.0 Å². The van der Waals surface area contributed by atoms with Crippen molar-refractivity contribution in [2.24, 2.45) is 5.10 Å². The van der Waals surface area contributed by atoms with Crippen molar-refractivity contribution in [2.45, 2.75) is 39.9 Å². The first-order valence-electron chi connectivity index (χ1n) is 9.33. The van der Waals surface area contributed by atoms with Gasteiger partial charge in [-0.3, -0.25) is 4.79 Å². The molecule has 29 heavy (non-hydrogen) atoms. The predicted octanol–water partition coefficient (Wildman–Crippen LogP) is 4.65. The van der Waals surface area contributed by atoms with Crippen molar-refractivity contribution in [2.75, 3.05) is 0 Å². The summed E-state index contributed by atoms with van der Waals surface area (Å²) in [5.41, 5.74) is 2.50. The highest BCUT2D eigenvalue weighted by Gasteiger charge is 2.33. The fourth-order valence-corrected chi connectivity index (χ4v) is 2.95. The number of hydrogen-bond acceptors (Lipinski definition) is 6. The van der Waals surface area contributed by atoms with E-state index in [9.17, 15) is 14.4 Å². The van der Waals surface area contributed by atoms with Crippen molar-refractivity contribution >= 4 is 23.7 Å². The highest BCUT2D eigenvalue weighted by atomic mass is 16.6. The third-order valence-electron chi connectivity index (χ3n) is 4.08. The molecule has 0 atom stereocenters. The Morgan fingerprint density at radius 2 is 1.17 bits per heavy atom. The van der Waals surface area contributed by atoms with Gasteiger partial charge in [0.05, 0.1) is 12.2 Å². The van der Waals surface area contributed by atoms with Gasteiger partial charge in [0, 0.05) is 11.1 Å². The van der Waals surface area contributed by atoms with Crippen LogP contribution in [0, 0.1) is 0 Å². The van der Waals surface area contributed by atoms with Crippen LogP contribution in [-0.2, 0) is 9.47 Å². The first-order chi connectivity index (χ1) is 13.8. The molecule has 7 heteroatoms. The van der Waals surface area contributed by atoms with E-state index in [4.69, 9.17) is 9.47 Å². The molecule has 0 bridgehead atoms. The van der Waals surface area contributed by atoms with E-state index in [1.807, 2.05) is 24.3 Å². The second-order valence-electron chi connectivity index (χ2n) is 7.05. The van der Waals surface area contributed by atoms with Gasteiger partial charge in [-0.2, -0.15) is 5.10 Å². The molecule has 0 aliphatic heterocycles. The van der Waals surface area contributed by atoms with Gasteiger partial charge in [0.25, 0.3) is 0 Å². The number of ether oxygens (including phenoxy) is 2. The Kier molecular flexibility index (Phi) is 5.77. The fourth-order valence-electron chi connectivity index (χ4n) is 2.95. The van der Waals surface area contributed by atoms with Crippen LogP contribution in [0.25, 0.3) is 11.1 Å². The molecule has 0 saturated carbocycles. The van der Waals surface area contributed by atoms with E-state index in [0.29, 0.717) is 16.1 Å². The van der Waals surface area contributed by atoms with E-state index in [0.717, 1.165) is 11.1 Å². The van der Waals surface area contributed by atoms with Crippen molar-refractivity contribution < 1.29 is 23.9 Å². The molecule has 0 fully saturated rings. The number of amides is 2. The van der Waals surface area contributed by atoms with Crippen LogP contribution in [0.2, 0.25) is 0 Å². The topological polar surface area (TPSA) is 85.3 Å².